The third-order valence-corrected chi connectivity index (χ3v) is 7.30. The minimum absolute atomic E-state index is 0.0629. The summed E-state index contributed by atoms with van der Waals surface area (Å²) in [5.74, 6) is 0.651. The van der Waals surface area contributed by atoms with Gasteiger partial charge in [0.15, 0.2) is 0 Å². The normalized spacial score (nSPS) is 15.9. The van der Waals surface area contributed by atoms with Crippen molar-refractivity contribution in [1.82, 2.24) is 15.1 Å². The summed E-state index contributed by atoms with van der Waals surface area (Å²) >= 11 is 1.46. The number of anilines is 1. The van der Waals surface area contributed by atoms with E-state index in [1.54, 1.807) is 23.9 Å². The monoisotopic (exact) mass is 524 g/mol. The van der Waals surface area contributed by atoms with Crippen molar-refractivity contribution in [2.45, 2.75) is 51.3 Å². The van der Waals surface area contributed by atoms with Crippen LogP contribution in [-0.2, 0) is 15.0 Å². The second-order valence-corrected chi connectivity index (χ2v) is 11.5. The topological polar surface area (TPSA) is 76.5 Å². The van der Waals surface area contributed by atoms with E-state index >= 15 is 0 Å². The van der Waals surface area contributed by atoms with Crippen molar-refractivity contribution in [2.24, 2.45) is 0 Å². The molecule has 0 saturated carbocycles. The Labute approximate surface area is 221 Å². The van der Waals surface area contributed by atoms with Crippen molar-refractivity contribution < 1.29 is 18.7 Å². The quantitative estimate of drug-likeness (QED) is 0.491. The highest BCUT2D eigenvalue weighted by atomic mass is 32.2. The first-order valence-corrected chi connectivity index (χ1v) is 13.3. The average Bonchev–Trinajstić information content (AvgIpc) is 3.18. The summed E-state index contributed by atoms with van der Waals surface area (Å²) in [4.78, 5) is 28.0. The minimum atomic E-state index is -0.375. The molecule has 2 aromatic carbocycles. The standard InChI is InChI=1S/C28H33FN4O3S/c1-17(2)30-22(34)15-32-23(35)16-37-25(18-7-9-19(29)10-8-18)24-26(28(3,4)5)31-33(27(24)32)20-11-13-21(36-6)14-12-20/h7-14,17,25H,15-16H2,1-6H3,(H,30,34). The second kappa shape index (κ2) is 10.6. The third kappa shape index (κ3) is 5.66. The molecule has 2 heterocycles. The number of thioether (sulfide) groups is 1. The molecule has 0 fully saturated rings. The second-order valence-electron chi connectivity index (χ2n) is 10.4. The van der Waals surface area contributed by atoms with Gasteiger partial charge in [-0.25, -0.2) is 9.07 Å². The molecule has 2 amide bonds. The van der Waals surface area contributed by atoms with Crippen molar-refractivity contribution in [3.05, 3.63) is 71.2 Å². The molecule has 0 spiro atoms. The van der Waals surface area contributed by atoms with Gasteiger partial charge in [0.1, 0.15) is 23.9 Å². The molecule has 1 atom stereocenters. The lowest BCUT2D eigenvalue weighted by Crippen LogP contribution is -2.44. The first kappa shape index (κ1) is 26.7. The maximum absolute atomic E-state index is 13.8. The molecule has 196 valence electrons. The van der Waals surface area contributed by atoms with Gasteiger partial charge in [-0.1, -0.05) is 32.9 Å². The number of aromatic nitrogens is 2. The number of ether oxygens (including phenoxy) is 1. The van der Waals surface area contributed by atoms with Crippen LogP contribution in [0.3, 0.4) is 0 Å². The molecule has 1 aliphatic heterocycles. The van der Waals surface area contributed by atoms with E-state index < -0.39 is 0 Å². The molecule has 3 aromatic rings. The molecule has 4 rings (SSSR count). The number of nitrogens with zero attached hydrogens (tertiary/aromatic N) is 3. The third-order valence-electron chi connectivity index (χ3n) is 6.04. The molecule has 1 aromatic heterocycles. The van der Waals surface area contributed by atoms with Gasteiger partial charge >= 0.3 is 0 Å². The van der Waals surface area contributed by atoms with Gasteiger partial charge in [0, 0.05) is 17.0 Å². The van der Waals surface area contributed by atoms with E-state index in [9.17, 15) is 14.0 Å². The predicted octanol–water partition coefficient (Wildman–Crippen LogP) is 5.01. The number of halogens is 1. The summed E-state index contributed by atoms with van der Waals surface area (Å²) in [5, 5.41) is 7.66. The molecule has 9 heteroatoms. The summed E-state index contributed by atoms with van der Waals surface area (Å²) in [5.41, 5.74) is 2.89. The van der Waals surface area contributed by atoms with Crippen molar-refractivity contribution in [2.75, 3.05) is 24.3 Å². The molecule has 0 aliphatic carbocycles. The molecule has 7 nitrogen and oxygen atoms in total. The van der Waals surface area contributed by atoms with Gasteiger partial charge < -0.3 is 10.1 Å². The highest BCUT2D eigenvalue weighted by molar-refractivity contribution is 8.00. The Morgan fingerprint density at radius 2 is 1.81 bits per heavy atom. The summed E-state index contributed by atoms with van der Waals surface area (Å²) in [6.07, 6.45) is 0. The highest BCUT2D eigenvalue weighted by Gasteiger charge is 2.40. The predicted molar refractivity (Wildman–Crippen MR) is 145 cm³/mol. The van der Waals surface area contributed by atoms with Gasteiger partial charge in [-0.15, -0.1) is 11.8 Å². The number of hydrogen-bond acceptors (Lipinski definition) is 5. The zero-order valence-corrected chi connectivity index (χ0v) is 22.9. The molecule has 0 radical (unpaired) electrons. The lowest BCUT2D eigenvalue weighted by Gasteiger charge is -2.25. The van der Waals surface area contributed by atoms with Crippen LogP contribution < -0.4 is 15.0 Å². The fourth-order valence-electron chi connectivity index (χ4n) is 4.39. The summed E-state index contributed by atoms with van der Waals surface area (Å²) in [6, 6.07) is 13.7. The number of fused-ring (bicyclic) bond motifs is 1. The number of carbonyl (C=O) groups excluding carboxylic acids is 2. The number of carbonyl (C=O) groups is 2. The number of hydrogen-bond donors (Lipinski definition) is 1. The Morgan fingerprint density at radius 1 is 1.16 bits per heavy atom. The van der Waals surface area contributed by atoms with Crippen molar-refractivity contribution in [3.63, 3.8) is 0 Å². The Bertz CT molecular complexity index is 1280. The van der Waals surface area contributed by atoms with Crippen LogP contribution in [-0.4, -0.2) is 47.0 Å². The maximum Gasteiger partial charge on any atom is 0.240 e. The first-order chi connectivity index (χ1) is 17.5. The van der Waals surface area contributed by atoms with E-state index in [0.29, 0.717) is 11.6 Å². The van der Waals surface area contributed by atoms with Crippen LogP contribution in [0.25, 0.3) is 5.69 Å². The molecule has 37 heavy (non-hydrogen) atoms. The Kier molecular flexibility index (Phi) is 7.64. The van der Waals surface area contributed by atoms with E-state index in [0.717, 1.165) is 22.5 Å². The Balaban J connectivity index is 1.99. The van der Waals surface area contributed by atoms with E-state index in [4.69, 9.17) is 9.84 Å². The van der Waals surface area contributed by atoms with Crippen LogP contribution in [0.2, 0.25) is 0 Å². The van der Waals surface area contributed by atoms with Crippen LogP contribution in [0.5, 0.6) is 5.75 Å². The van der Waals surface area contributed by atoms with Gasteiger partial charge in [-0.05, 0) is 55.8 Å². The fraction of sp³-hybridized carbons (Fsp3) is 0.393. The number of rotatable bonds is 6. The van der Waals surface area contributed by atoms with Crippen LogP contribution in [0, 0.1) is 5.82 Å². The van der Waals surface area contributed by atoms with Crippen molar-refractivity contribution in [1.29, 1.82) is 0 Å². The SMILES string of the molecule is COc1ccc(-n2nc(C(C)(C)C)c3c2N(CC(=O)NC(C)C)C(=O)CSC3c2ccc(F)cc2)cc1. The van der Waals surface area contributed by atoms with Crippen LogP contribution >= 0.6 is 11.8 Å². The van der Waals surface area contributed by atoms with Gasteiger partial charge in [0.25, 0.3) is 0 Å². The van der Waals surface area contributed by atoms with Crippen LogP contribution in [0.1, 0.15) is 56.7 Å². The molecule has 0 bridgehead atoms. The average molecular weight is 525 g/mol. The Hall–Kier alpha value is -3.33. The van der Waals surface area contributed by atoms with Crippen LogP contribution in [0.4, 0.5) is 10.2 Å². The molecule has 1 aliphatic rings. The zero-order chi connectivity index (χ0) is 26.9. The lowest BCUT2D eigenvalue weighted by atomic mass is 9.87. The highest BCUT2D eigenvalue weighted by Crippen LogP contribution is 2.48. The zero-order valence-electron chi connectivity index (χ0n) is 22.0. The van der Waals surface area contributed by atoms with E-state index in [1.165, 1.54) is 28.8 Å². The fourth-order valence-corrected chi connectivity index (χ4v) is 5.59. The van der Waals surface area contributed by atoms with E-state index in [2.05, 4.69) is 26.1 Å². The largest absolute Gasteiger partial charge is 0.497 e. The van der Waals surface area contributed by atoms with Gasteiger partial charge in [0.05, 0.1) is 29.5 Å². The Morgan fingerprint density at radius 3 is 2.38 bits per heavy atom. The minimum Gasteiger partial charge on any atom is -0.497 e. The summed E-state index contributed by atoms with van der Waals surface area (Å²) < 4.78 is 20.9. The van der Waals surface area contributed by atoms with Crippen LogP contribution in [0.15, 0.2) is 48.5 Å². The molecule has 0 saturated heterocycles. The lowest BCUT2D eigenvalue weighted by molar-refractivity contribution is -0.123. The van der Waals surface area contributed by atoms with Crippen molar-refractivity contribution >= 4 is 29.4 Å². The van der Waals surface area contributed by atoms with E-state index in [1.807, 2.05) is 38.1 Å². The summed E-state index contributed by atoms with van der Waals surface area (Å²) in [6.45, 7) is 9.85. The van der Waals surface area contributed by atoms with E-state index in [-0.39, 0.29) is 46.6 Å². The van der Waals surface area contributed by atoms with Gasteiger partial charge in [0.2, 0.25) is 11.8 Å². The number of methoxy groups -OCH3 is 1. The maximum atomic E-state index is 13.8. The first-order valence-electron chi connectivity index (χ1n) is 12.2. The number of benzene rings is 2. The number of nitrogens with one attached hydrogen (secondary N) is 1. The smallest absolute Gasteiger partial charge is 0.240 e. The molecular formula is C28H33FN4O3S. The van der Waals surface area contributed by atoms with Crippen molar-refractivity contribution in [3.8, 4) is 11.4 Å². The number of amides is 2. The van der Waals surface area contributed by atoms with Gasteiger partial charge in [-0.2, -0.15) is 5.10 Å². The molecule has 1 unspecified atom stereocenters. The summed E-state index contributed by atoms with van der Waals surface area (Å²) in [7, 11) is 1.60. The molecule has 1 N–H and O–H groups in total. The van der Waals surface area contributed by atoms with Gasteiger partial charge in [-0.3, -0.25) is 14.5 Å². The molecular weight excluding hydrogens is 491 g/mol.